The molecule has 1 aliphatic heterocycles. The minimum Gasteiger partial charge on any atom is -0.349 e. The number of likely N-dealkylation sites (tertiary alicyclic amines) is 1. The fraction of sp³-hybridized carbons (Fsp3) is 0.533. The van der Waals surface area contributed by atoms with Crippen LogP contribution in [0.2, 0.25) is 0 Å². The Morgan fingerprint density at radius 1 is 1.39 bits per heavy atom. The Hall–Kier alpha value is -1.09. The van der Waals surface area contributed by atoms with E-state index in [0.29, 0.717) is 0 Å². The summed E-state index contributed by atoms with van der Waals surface area (Å²) in [5.74, 6) is 0.747. The zero-order valence-corrected chi connectivity index (χ0v) is 12.3. The van der Waals surface area contributed by atoms with Gasteiger partial charge < -0.3 is 10.2 Å². The van der Waals surface area contributed by atoms with Crippen LogP contribution in [0.3, 0.4) is 0 Å². The standard InChI is InChI=1S/C15H22N2S/c1-11-6-5-9-17(10-11)15(18)16-14-8-4-7-12(2)13(14)3/h4,7-8,11H,5-6,9-10H2,1-3H3,(H,16,18)/t11-/m1/s1. The lowest BCUT2D eigenvalue weighted by molar-refractivity contribution is 0.276. The quantitative estimate of drug-likeness (QED) is 0.776. The van der Waals surface area contributed by atoms with E-state index in [4.69, 9.17) is 12.2 Å². The Bertz CT molecular complexity index is 442. The van der Waals surface area contributed by atoms with Crippen LogP contribution in [0, 0.1) is 19.8 Å². The molecule has 1 aromatic carbocycles. The third kappa shape index (κ3) is 3.02. The van der Waals surface area contributed by atoms with Crippen molar-refractivity contribution in [3.05, 3.63) is 29.3 Å². The summed E-state index contributed by atoms with van der Waals surface area (Å²) in [6.07, 6.45) is 2.57. The van der Waals surface area contributed by atoms with E-state index in [2.05, 4.69) is 49.2 Å². The summed E-state index contributed by atoms with van der Waals surface area (Å²) < 4.78 is 0. The lowest BCUT2D eigenvalue weighted by Gasteiger charge is -2.33. The number of nitrogens with one attached hydrogen (secondary N) is 1. The molecule has 1 N–H and O–H groups in total. The monoisotopic (exact) mass is 262 g/mol. The van der Waals surface area contributed by atoms with E-state index in [1.807, 2.05) is 0 Å². The number of piperidine rings is 1. The van der Waals surface area contributed by atoms with E-state index < -0.39 is 0 Å². The molecule has 1 aliphatic rings. The second kappa shape index (κ2) is 5.70. The van der Waals surface area contributed by atoms with E-state index in [-0.39, 0.29) is 0 Å². The van der Waals surface area contributed by atoms with Gasteiger partial charge in [-0.2, -0.15) is 0 Å². The summed E-state index contributed by atoms with van der Waals surface area (Å²) in [5, 5.41) is 4.27. The average Bonchev–Trinajstić information content (AvgIpc) is 2.35. The molecule has 0 saturated carbocycles. The Kier molecular flexibility index (Phi) is 4.23. The van der Waals surface area contributed by atoms with Crippen LogP contribution in [-0.4, -0.2) is 23.1 Å². The minimum absolute atomic E-state index is 0.747. The summed E-state index contributed by atoms with van der Waals surface area (Å²) >= 11 is 5.53. The van der Waals surface area contributed by atoms with E-state index in [1.165, 1.54) is 24.0 Å². The summed E-state index contributed by atoms with van der Waals surface area (Å²) in [7, 11) is 0. The van der Waals surface area contributed by atoms with Gasteiger partial charge in [0.1, 0.15) is 0 Å². The highest BCUT2D eigenvalue weighted by Crippen LogP contribution is 2.20. The van der Waals surface area contributed by atoms with Crippen LogP contribution in [0.4, 0.5) is 5.69 Å². The van der Waals surface area contributed by atoms with Crippen molar-refractivity contribution in [2.75, 3.05) is 18.4 Å². The van der Waals surface area contributed by atoms with Gasteiger partial charge in [-0.15, -0.1) is 0 Å². The van der Waals surface area contributed by atoms with E-state index in [1.54, 1.807) is 0 Å². The fourth-order valence-corrected chi connectivity index (χ4v) is 2.73. The van der Waals surface area contributed by atoms with E-state index in [9.17, 15) is 0 Å². The van der Waals surface area contributed by atoms with Gasteiger partial charge in [-0.25, -0.2) is 0 Å². The molecule has 1 fully saturated rings. The van der Waals surface area contributed by atoms with Gasteiger partial charge >= 0.3 is 0 Å². The molecule has 2 nitrogen and oxygen atoms in total. The first-order chi connectivity index (χ1) is 8.58. The molecule has 0 aliphatic carbocycles. The second-order valence-corrected chi connectivity index (χ2v) is 5.76. The predicted molar refractivity (Wildman–Crippen MR) is 82.1 cm³/mol. The summed E-state index contributed by atoms with van der Waals surface area (Å²) in [6, 6.07) is 6.31. The van der Waals surface area contributed by atoms with Crippen LogP contribution in [0.1, 0.15) is 30.9 Å². The van der Waals surface area contributed by atoms with E-state index >= 15 is 0 Å². The number of anilines is 1. The number of aryl methyl sites for hydroxylation is 1. The number of hydrogen-bond acceptors (Lipinski definition) is 1. The minimum atomic E-state index is 0.747. The highest BCUT2D eigenvalue weighted by atomic mass is 32.1. The van der Waals surface area contributed by atoms with Crippen LogP contribution < -0.4 is 5.32 Å². The van der Waals surface area contributed by atoms with Gasteiger partial charge in [-0.1, -0.05) is 19.1 Å². The van der Waals surface area contributed by atoms with E-state index in [0.717, 1.165) is 29.8 Å². The van der Waals surface area contributed by atoms with Crippen molar-refractivity contribution >= 4 is 23.0 Å². The van der Waals surface area contributed by atoms with Gasteiger partial charge in [-0.3, -0.25) is 0 Å². The topological polar surface area (TPSA) is 15.3 Å². The molecule has 1 saturated heterocycles. The lowest BCUT2D eigenvalue weighted by atomic mass is 10.0. The van der Waals surface area contributed by atoms with Crippen molar-refractivity contribution in [1.82, 2.24) is 4.90 Å². The molecule has 1 heterocycles. The van der Waals surface area contributed by atoms with Crippen molar-refractivity contribution in [1.29, 1.82) is 0 Å². The zero-order chi connectivity index (χ0) is 13.1. The molecule has 18 heavy (non-hydrogen) atoms. The Morgan fingerprint density at radius 2 is 2.17 bits per heavy atom. The molecule has 0 amide bonds. The number of nitrogens with zero attached hydrogens (tertiary/aromatic N) is 1. The van der Waals surface area contributed by atoms with Gasteiger partial charge in [0.2, 0.25) is 0 Å². The van der Waals surface area contributed by atoms with Crippen LogP contribution in [0.5, 0.6) is 0 Å². The first-order valence-corrected chi connectivity index (χ1v) is 7.11. The smallest absolute Gasteiger partial charge is 0.173 e. The van der Waals surface area contributed by atoms with Crippen LogP contribution in [0.15, 0.2) is 18.2 Å². The molecule has 0 unspecified atom stereocenters. The number of hydrogen-bond donors (Lipinski definition) is 1. The molecule has 1 atom stereocenters. The van der Waals surface area contributed by atoms with Crippen LogP contribution in [0.25, 0.3) is 0 Å². The third-order valence-corrected chi connectivity index (χ3v) is 4.15. The third-order valence-electron chi connectivity index (χ3n) is 3.79. The SMILES string of the molecule is Cc1cccc(NC(=S)N2CCC[C@@H](C)C2)c1C. The Balaban J connectivity index is 2.04. The highest BCUT2D eigenvalue weighted by Gasteiger charge is 2.18. The molecule has 1 aromatic rings. The molecule has 98 valence electrons. The van der Waals surface area contributed by atoms with Gasteiger partial charge in [-0.05, 0) is 62.0 Å². The molecule has 2 rings (SSSR count). The molecule has 0 radical (unpaired) electrons. The summed E-state index contributed by atoms with van der Waals surface area (Å²) in [4.78, 5) is 2.30. The summed E-state index contributed by atoms with van der Waals surface area (Å²) in [6.45, 7) is 8.73. The maximum absolute atomic E-state index is 5.53. The van der Waals surface area contributed by atoms with Crippen LogP contribution in [-0.2, 0) is 0 Å². The number of benzene rings is 1. The average molecular weight is 262 g/mol. The number of thiocarbonyl (C=S) groups is 1. The molecule has 0 aromatic heterocycles. The number of rotatable bonds is 1. The largest absolute Gasteiger partial charge is 0.349 e. The highest BCUT2D eigenvalue weighted by molar-refractivity contribution is 7.80. The Labute approximate surface area is 115 Å². The first kappa shape index (κ1) is 13.3. The van der Waals surface area contributed by atoms with Crippen LogP contribution >= 0.6 is 12.2 Å². The maximum atomic E-state index is 5.53. The Morgan fingerprint density at radius 3 is 2.89 bits per heavy atom. The van der Waals surface area contributed by atoms with Gasteiger partial charge in [0.05, 0.1) is 0 Å². The van der Waals surface area contributed by atoms with Crippen molar-refractivity contribution < 1.29 is 0 Å². The normalized spacial score (nSPS) is 19.7. The van der Waals surface area contributed by atoms with Gasteiger partial charge in [0, 0.05) is 18.8 Å². The lowest BCUT2D eigenvalue weighted by Crippen LogP contribution is -2.41. The molecule has 3 heteroatoms. The molecule has 0 bridgehead atoms. The van der Waals surface area contributed by atoms with Gasteiger partial charge in [0.15, 0.2) is 5.11 Å². The van der Waals surface area contributed by atoms with Crippen molar-refractivity contribution in [2.45, 2.75) is 33.6 Å². The first-order valence-electron chi connectivity index (χ1n) is 6.70. The molecule has 0 spiro atoms. The zero-order valence-electron chi connectivity index (χ0n) is 11.5. The fourth-order valence-electron chi connectivity index (χ4n) is 2.45. The predicted octanol–water partition coefficient (Wildman–Crippen LogP) is 3.73. The van der Waals surface area contributed by atoms with Crippen molar-refractivity contribution in [2.24, 2.45) is 5.92 Å². The van der Waals surface area contributed by atoms with Crippen molar-refractivity contribution in [3.8, 4) is 0 Å². The molecular formula is C15H22N2S. The maximum Gasteiger partial charge on any atom is 0.173 e. The molecular weight excluding hydrogens is 240 g/mol. The second-order valence-electron chi connectivity index (χ2n) is 5.37. The van der Waals surface area contributed by atoms with Crippen molar-refractivity contribution in [3.63, 3.8) is 0 Å². The summed E-state index contributed by atoms with van der Waals surface area (Å²) in [5.41, 5.74) is 3.72. The van der Waals surface area contributed by atoms with Gasteiger partial charge in [0.25, 0.3) is 0 Å².